The van der Waals surface area contributed by atoms with Crippen LogP contribution >= 0.6 is 0 Å². The van der Waals surface area contributed by atoms with Crippen LogP contribution in [0.5, 0.6) is 5.75 Å². The predicted molar refractivity (Wildman–Crippen MR) is 63.4 cm³/mol. The maximum absolute atomic E-state index is 5.70. The molecule has 0 amide bonds. The molecule has 1 aromatic rings. The van der Waals surface area contributed by atoms with Gasteiger partial charge in [0.25, 0.3) is 0 Å². The molecule has 4 heteroatoms. The Labute approximate surface area is 96.8 Å². The molecule has 1 rings (SSSR count). The average molecular weight is 224 g/mol. The quantitative estimate of drug-likeness (QED) is 0.750. The van der Waals surface area contributed by atoms with E-state index in [-0.39, 0.29) is 12.1 Å². The summed E-state index contributed by atoms with van der Waals surface area (Å²) in [6, 6.07) is 3.71. The van der Waals surface area contributed by atoms with E-state index >= 15 is 0 Å². The molecule has 0 aliphatic carbocycles. The van der Waals surface area contributed by atoms with Crippen LogP contribution in [0.3, 0.4) is 0 Å². The summed E-state index contributed by atoms with van der Waals surface area (Å²) in [6.07, 6.45) is 1.93. The Balaban J connectivity index is 2.32. The molecule has 0 saturated carbocycles. The smallest absolute Gasteiger partial charge is 0.137 e. The van der Waals surface area contributed by atoms with Crippen molar-refractivity contribution in [1.29, 1.82) is 0 Å². The number of nitrogens with zero attached hydrogens (tertiary/aromatic N) is 1. The van der Waals surface area contributed by atoms with Crippen LogP contribution in [-0.2, 0) is 4.74 Å². The van der Waals surface area contributed by atoms with Crippen molar-refractivity contribution in [3.05, 3.63) is 24.0 Å². The molecule has 0 unspecified atom stereocenters. The molecule has 90 valence electrons. The zero-order valence-electron chi connectivity index (χ0n) is 10.1. The minimum absolute atomic E-state index is 0.0432. The van der Waals surface area contributed by atoms with E-state index in [1.54, 1.807) is 6.20 Å². The fraction of sp³-hybridized carbons (Fsp3) is 0.583. The standard InChI is InChI=1S/C12H20N2O2/c1-9(2)15-6-7-16-11-4-5-12(10(3)13)14-8-11/h4-5,8-10H,6-7,13H2,1-3H3/t10-/m0/s1. The van der Waals surface area contributed by atoms with Crippen LogP contribution in [0.15, 0.2) is 18.3 Å². The third-order valence-corrected chi connectivity index (χ3v) is 2.03. The van der Waals surface area contributed by atoms with Crippen LogP contribution in [0.25, 0.3) is 0 Å². The summed E-state index contributed by atoms with van der Waals surface area (Å²) in [5, 5.41) is 0. The van der Waals surface area contributed by atoms with Crippen molar-refractivity contribution in [2.24, 2.45) is 5.73 Å². The number of pyridine rings is 1. The number of hydrogen-bond donors (Lipinski definition) is 1. The highest BCUT2D eigenvalue weighted by Crippen LogP contribution is 2.12. The molecule has 0 spiro atoms. The maximum Gasteiger partial charge on any atom is 0.137 e. The number of rotatable bonds is 6. The van der Waals surface area contributed by atoms with E-state index < -0.39 is 0 Å². The Hall–Kier alpha value is -1.13. The second kappa shape index (κ2) is 6.45. The Morgan fingerprint density at radius 2 is 2.00 bits per heavy atom. The normalized spacial score (nSPS) is 12.8. The van der Waals surface area contributed by atoms with Crippen LogP contribution in [-0.4, -0.2) is 24.3 Å². The number of ether oxygens (including phenoxy) is 2. The molecule has 0 saturated heterocycles. The summed E-state index contributed by atoms with van der Waals surface area (Å²) < 4.78 is 10.8. The van der Waals surface area contributed by atoms with E-state index in [1.165, 1.54) is 0 Å². The fourth-order valence-electron chi connectivity index (χ4n) is 1.19. The Bertz CT molecular complexity index is 296. The first-order valence-electron chi connectivity index (χ1n) is 5.55. The van der Waals surface area contributed by atoms with Crippen LogP contribution in [0.1, 0.15) is 32.5 Å². The summed E-state index contributed by atoms with van der Waals surface area (Å²) in [7, 11) is 0. The third kappa shape index (κ3) is 4.59. The fourth-order valence-corrected chi connectivity index (χ4v) is 1.19. The molecule has 0 aliphatic heterocycles. The van der Waals surface area contributed by atoms with Gasteiger partial charge in [-0.1, -0.05) is 0 Å². The summed E-state index contributed by atoms with van der Waals surface area (Å²) >= 11 is 0. The third-order valence-electron chi connectivity index (χ3n) is 2.03. The molecule has 0 fully saturated rings. The SMILES string of the molecule is CC(C)OCCOc1ccc([C@H](C)N)nc1. The molecule has 0 aliphatic rings. The molecule has 4 nitrogen and oxygen atoms in total. The highest BCUT2D eigenvalue weighted by Gasteiger charge is 2.01. The van der Waals surface area contributed by atoms with Crippen LogP contribution in [0, 0.1) is 0 Å². The van der Waals surface area contributed by atoms with Crippen molar-refractivity contribution in [2.75, 3.05) is 13.2 Å². The molecule has 16 heavy (non-hydrogen) atoms. The van der Waals surface area contributed by atoms with Gasteiger partial charge in [-0.05, 0) is 32.9 Å². The first-order valence-corrected chi connectivity index (χ1v) is 5.55. The molecule has 1 atom stereocenters. The highest BCUT2D eigenvalue weighted by molar-refractivity contribution is 5.21. The van der Waals surface area contributed by atoms with Gasteiger partial charge in [0.2, 0.25) is 0 Å². The second-order valence-electron chi connectivity index (χ2n) is 3.98. The van der Waals surface area contributed by atoms with Crippen LogP contribution in [0.4, 0.5) is 0 Å². The Morgan fingerprint density at radius 1 is 1.25 bits per heavy atom. The lowest BCUT2D eigenvalue weighted by molar-refractivity contribution is 0.0552. The van der Waals surface area contributed by atoms with E-state index in [0.717, 1.165) is 11.4 Å². The first-order chi connectivity index (χ1) is 7.59. The van der Waals surface area contributed by atoms with Gasteiger partial charge in [-0.25, -0.2) is 0 Å². The summed E-state index contributed by atoms with van der Waals surface area (Å²) in [5.74, 6) is 0.747. The van der Waals surface area contributed by atoms with E-state index in [1.807, 2.05) is 32.9 Å². The number of hydrogen-bond acceptors (Lipinski definition) is 4. The highest BCUT2D eigenvalue weighted by atomic mass is 16.5. The van der Waals surface area contributed by atoms with Crippen molar-refractivity contribution >= 4 is 0 Å². The van der Waals surface area contributed by atoms with Crippen molar-refractivity contribution in [3.8, 4) is 5.75 Å². The molecule has 0 bridgehead atoms. The van der Waals surface area contributed by atoms with Gasteiger partial charge < -0.3 is 15.2 Å². The van der Waals surface area contributed by atoms with Crippen molar-refractivity contribution in [3.63, 3.8) is 0 Å². The van der Waals surface area contributed by atoms with Crippen molar-refractivity contribution in [1.82, 2.24) is 4.98 Å². The van der Waals surface area contributed by atoms with Crippen LogP contribution in [0.2, 0.25) is 0 Å². The first kappa shape index (κ1) is 12.9. The van der Waals surface area contributed by atoms with Gasteiger partial charge in [-0.3, -0.25) is 4.98 Å². The number of aromatic nitrogens is 1. The van der Waals surface area contributed by atoms with E-state index in [2.05, 4.69) is 4.98 Å². The topological polar surface area (TPSA) is 57.4 Å². The molecule has 0 radical (unpaired) electrons. The lowest BCUT2D eigenvalue weighted by Gasteiger charge is -2.10. The zero-order chi connectivity index (χ0) is 12.0. The minimum atomic E-state index is -0.0432. The van der Waals surface area contributed by atoms with Gasteiger partial charge in [0.05, 0.1) is 24.6 Å². The molecule has 1 heterocycles. The molecule has 2 N–H and O–H groups in total. The van der Waals surface area contributed by atoms with Crippen molar-refractivity contribution in [2.45, 2.75) is 32.9 Å². The van der Waals surface area contributed by atoms with Gasteiger partial charge in [0, 0.05) is 6.04 Å². The summed E-state index contributed by atoms with van der Waals surface area (Å²) in [6.45, 7) is 7.03. The molecule has 0 aromatic carbocycles. The Morgan fingerprint density at radius 3 is 2.50 bits per heavy atom. The van der Waals surface area contributed by atoms with Gasteiger partial charge in [-0.15, -0.1) is 0 Å². The van der Waals surface area contributed by atoms with E-state index in [0.29, 0.717) is 13.2 Å². The predicted octanol–water partition coefficient (Wildman–Crippen LogP) is 1.91. The minimum Gasteiger partial charge on any atom is -0.490 e. The van der Waals surface area contributed by atoms with Gasteiger partial charge in [0.1, 0.15) is 12.4 Å². The monoisotopic (exact) mass is 224 g/mol. The molecule has 1 aromatic heterocycles. The lowest BCUT2D eigenvalue weighted by atomic mass is 10.2. The van der Waals surface area contributed by atoms with E-state index in [4.69, 9.17) is 15.2 Å². The lowest BCUT2D eigenvalue weighted by Crippen LogP contribution is -2.11. The molecular formula is C12H20N2O2. The van der Waals surface area contributed by atoms with Gasteiger partial charge >= 0.3 is 0 Å². The van der Waals surface area contributed by atoms with Crippen molar-refractivity contribution < 1.29 is 9.47 Å². The summed E-state index contributed by atoms with van der Waals surface area (Å²) in [4.78, 5) is 4.20. The second-order valence-corrected chi connectivity index (χ2v) is 3.98. The van der Waals surface area contributed by atoms with Gasteiger partial charge in [-0.2, -0.15) is 0 Å². The largest absolute Gasteiger partial charge is 0.490 e. The Kier molecular flexibility index (Phi) is 5.22. The number of nitrogens with two attached hydrogens (primary N) is 1. The van der Waals surface area contributed by atoms with E-state index in [9.17, 15) is 0 Å². The van der Waals surface area contributed by atoms with Gasteiger partial charge in [0.15, 0.2) is 0 Å². The summed E-state index contributed by atoms with van der Waals surface area (Å²) in [5.41, 5.74) is 6.56. The zero-order valence-corrected chi connectivity index (χ0v) is 10.1. The molecular weight excluding hydrogens is 204 g/mol. The average Bonchev–Trinajstić information content (AvgIpc) is 2.25. The van der Waals surface area contributed by atoms with Crippen LogP contribution < -0.4 is 10.5 Å². The maximum atomic E-state index is 5.70.